The summed E-state index contributed by atoms with van der Waals surface area (Å²) in [5.74, 6) is 0.822. The highest BCUT2D eigenvalue weighted by Crippen LogP contribution is 2.36. The Morgan fingerprint density at radius 3 is 2.13 bits per heavy atom. The molecule has 0 heterocycles. The number of hydrogen-bond donors (Lipinski definition) is 0. The van der Waals surface area contributed by atoms with Crippen LogP contribution in [0.15, 0.2) is 36.4 Å². The minimum atomic E-state index is -0.497. The maximum atomic E-state index is 12.4. The standard InChI is InChI=1S/C24H28O7/c1-15-12-17(13-19(23(15)30-5)24(26)31-6)18(8-7-9-22(25)29-4)16-10-11-20(27-2)21(14-16)28-3/h8,10-14H,7,9H2,1-6H3. The van der Waals surface area contributed by atoms with Crippen molar-refractivity contribution in [2.45, 2.75) is 19.8 Å². The zero-order valence-electron chi connectivity index (χ0n) is 18.7. The Hall–Kier alpha value is -3.48. The third-order valence-corrected chi connectivity index (χ3v) is 4.81. The third kappa shape index (κ3) is 5.57. The largest absolute Gasteiger partial charge is 0.496 e. The van der Waals surface area contributed by atoms with Gasteiger partial charge in [-0.3, -0.25) is 4.79 Å². The number of allylic oxidation sites excluding steroid dienone is 1. The lowest BCUT2D eigenvalue weighted by Gasteiger charge is -2.16. The van der Waals surface area contributed by atoms with Gasteiger partial charge >= 0.3 is 11.9 Å². The molecule has 0 spiro atoms. The summed E-state index contributed by atoms with van der Waals surface area (Å²) in [5.41, 5.74) is 3.53. The van der Waals surface area contributed by atoms with Crippen LogP contribution in [0.1, 0.15) is 39.9 Å². The van der Waals surface area contributed by atoms with Gasteiger partial charge in [-0.1, -0.05) is 12.1 Å². The number of aryl methyl sites for hydroxylation is 1. The second-order valence-electron chi connectivity index (χ2n) is 6.67. The van der Waals surface area contributed by atoms with Crippen molar-refractivity contribution in [3.05, 3.63) is 58.7 Å². The highest BCUT2D eigenvalue weighted by Gasteiger charge is 2.19. The Bertz CT molecular complexity index is 976. The molecule has 2 aromatic rings. The molecule has 2 rings (SSSR count). The van der Waals surface area contributed by atoms with Crippen LogP contribution in [0.2, 0.25) is 0 Å². The van der Waals surface area contributed by atoms with Gasteiger partial charge in [-0.2, -0.15) is 0 Å². The molecule has 0 aliphatic heterocycles. The van der Waals surface area contributed by atoms with Crippen molar-refractivity contribution in [3.8, 4) is 17.2 Å². The van der Waals surface area contributed by atoms with Crippen LogP contribution in [0.25, 0.3) is 5.57 Å². The van der Waals surface area contributed by atoms with E-state index in [1.807, 2.05) is 31.2 Å². The number of carbonyl (C=O) groups excluding carboxylic acids is 2. The normalized spacial score (nSPS) is 11.0. The minimum Gasteiger partial charge on any atom is -0.496 e. The summed E-state index contributed by atoms with van der Waals surface area (Å²) in [6.45, 7) is 1.86. The predicted octanol–water partition coefficient (Wildman–Crippen LogP) is 4.19. The fraction of sp³-hybridized carbons (Fsp3) is 0.333. The lowest BCUT2D eigenvalue weighted by Crippen LogP contribution is -2.07. The van der Waals surface area contributed by atoms with Gasteiger partial charge < -0.3 is 23.7 Å². The van der Waals surface area contributed by atoms with Gasteiger partial charge in [0.2, 0.25) is 0 Å². The number of esters is 2. The molecule has 0 unspecified atom stereocenters. The van der Waals surface area contributed by atoms with Crippen LogP contribution in [0.5, 0.6) is 17.2 Å². The van der Waals surface area contributed by atoms with E-state index < -0.39 is 5.97 Å². The first-order valence-electron chi connectivity index (χ1n) is 9.66. The quantitative estimate of drug-likeness (QED) is 0.554. The number of rotatable bonds is 9. The molecule has 0 saturated heterocycles. The van der Waals surface area contributed by atoms with Crippen LogP contribution in [0, 0.1) is 6.92 Å². The van der Waals surface area contributed by atoms with Crippen molar-refractivity contribution >= 4 is 17.5 Å². The minimum absolute atomic E-state index is 0.228. The maximum absolute atomic E-state index is 12.4. The van der Waals surface area contributed by atoms with Gasteiger partial charge in [-0.15, -0.1) is 0 Å². The zero-order chi connectivity index (χ0) is 23.0. The number of benzene rings is 2. The Morgan fingerprint density at radius 2 is 1.55 bits per heavy atom. The number of methoxy groups -OCH3 is 5. The molecule has 0 atom stereocenters. The van der Waals surface area contributed by atoms with Crippen LogP contribution >= 0.6 is 0 Å². The van der Waals surface area contributed by atoms with Crippen molar-refractivity contribution < 1.29 is 33.3 Å². The first-order chi connectivity index (χ1) is 14.9. The molecular weight excluding hydrogens is 400 g/mol. The lowest BCUT2D eigenvalue weighted by molar-refractivity contribution is -0.140. The van der Waals surface area contributed by atoms with Crippen LogP contribution in [0.3, 0.4) is 0 Å². The summed E-state index contributed by atoms with van der Waals surface area (Å²) in [4.78, 5) is 24.0. The van der Waals surface area contributed by atoms with E-state index in [0.717, 1.165) is 22.3 Å². The average molecular weight is 428 g/mol. The van der Waals surface area contributed by atoms with E-state index in [1.165, 1.54) is 21.3 Å². The monoisotopic (exact) mass is 428 g/mol. The van der Waals surface area contributed by atoms with Crippen molar-refractivity contribution in [2.75, 3.05) is 35.5 Å². The number of carbonyl (C=O) groups is 2. The molecule has 31 heavy (non-hydrogen) atoms. The van der Waals surface area contributed by atoms with E-state index in [9.17, 15) is 9.59 Å². The molecular formula is C24H28O7. The first kappa shape index (κ1) is 23.8. The first-order valence-corrected chi connectivity index (χ1v) is 9.66. The van der Waals surface area contributed by atoms with E-state index in [-0.39, 0.29) is 12.4 Å². The number of ether oxygens (including phenoxy) is 5. The van der Waals surface area contributed by atoms with Crippen molar-refractivity contribution in [1.82, 2.24) is 0 Å². The van der Waals surface area contributed by atoms with E-state index in [1.54, 1.807) is 26.4 Å². The molecule has 7 heteroatoms. The molecule has 0 aliphatic carbocycles. The Morgan fingerprint density at radius 1 is 0.839 bits per heavy atom. The number of hydrogen-bond acceptors (Lipinski definition) is 7. The highest BCUT2D eigenvalue weighted by atomic mass is 16.5. The second-order valence-corrected chi connectivity index (χ2v) is 6.67. The van der Waals surface area contributed by atoms with Gasteiger partial charge in [0.05, 0.1) is 35.5 Å². The fourth-order valence-corrected chi connectivity index (χ4v) is 3.30. The molecule has 7 nitrogen and oxygen atoms in total. The molecule has 0 bridgehead atoms. The van der Waals surface area contributed by atoms with Crippen LogP contribution in [-0.4, -0.2) is 47.5 Å². The fourth-order valence-electron chi connectivity index (χ4n) is 3.30. The van der Waals surface area contributed by atoms with E-state index in [4.69, 9.17) is 23.7 Å². The second kappa shape index (κ2) is 11.1. The van der Waals surface area contributed by atoms with Crippen molar-refractivity contribution in [3.63, 3.8) is 0 Å². The summed E-state index contributed by atoms with van der Waals surface area (Å²) < 4.78 is 25.9. The van der Waals surface area contributed by atoms with E-state index in [0.29, 0.717) is 29.2 Å². The van der Waals surface area contributed by atoms with Crippen LogP contribution < -0.4 is 14.2 Å². The molecule has 0 aromatic heterocycles. The van der Waals surface area contributed by atoms with E-state index in [2.05, 4.69) is 0 Å². The topological polar surface area (TPSA) is 80.3 Å². The summed E-state index contributed by atoms with van der Waals surface area (Å²) in [6.07, 6.45) is 2.61. The van der Waals surface area contributed by atoms with Crippen LogP contribution in [-0.2, 0) is 14.3 Å². The molecule has 2 aromatic carbocycles. The van der Waals surface area contributed by atoms with Crippen molar-refractivity contribution in [1.29, 1.82) is 0 Å². The molecule has 166 valence electrons. The smallest absolute Gasteiger partial charge is 0.341 e. The Kier molecular flexibility index (Phi) is 8.49. The van der Waals surface area contributed by atoms with Crippen molar-refractivity contribution in [2.24, 2.45) is 0 Å². The average Bonchev–Trinajstić information content (AvgIpc) is 2.80. The molecule has 0 radical (unpaired) electrons. The predicted molar refractivity (Wildman–Crippen MR) is 117 cm³/mol. The Balaban J connectivity index is 2.66. The lowest BCUT2D eigenvalue weighted by atomic mass is 9.92. The zero-order valence-corrected chi connectivity index (χ0v) is 18.7. The SMILES string of the molecule is COC(=O)CCC=C(c1ccc(OC)c(OC)c1)c1cc(C)c(OC)c(C(=O)OC)c1. The van der Waals surface area contributed by atoms with Crippen LogP contribution in [0.4, 0.5) is 0 Å². The third-order valence-electron chi connectivity index (χ3n) is 4.81. The van der Waals surface area contributed by atoms with Gasteiger partial charge in [0.1, 0.15) is 11.3 Å². The molecule has 0 fully saturated rings. The van der Waals surface area contributed by atoms with Gasteiger partial charge in [-0.25, -0.2) is 4.79 Å². The van der Waals surface area contributed by atoms with Gasteiger partial charge in [0, 0.05) is 6.42 Å². The van der Waals surface area contributed by atoms with Gasteiger partial charge in [-0.05, 0) is 59.9 Å². The molecule has 0 saturated carbocycles. The highest BCUT2D eigenvalue weighted by molar-refractivity contribution is 5.95. The summed E-state index contributed by atoms with van der Waals surface area (Å²) in [6, 6.07) is 9.19. The summed E-state index contributed by atoms with van der Waals surface area (Å²) >= 11 is 0. The van der Waals surface area contributed by atoms with Gasteiger partial charge in [0.15, 0.2) is 11.5 Å². The summed E-state index contributed by atoms with van der Waals surface area (Å²) in [7, 11) is 7.33. The molecule has 0 N–H and O–H groups in total. The molecule has 0 amide bonds. The molecule has 0 aliphatic rings. The van der Waals surface area contributed by atoms with Gasteiger partial charge in [0.25, 0.3) is 0 Å². The van der Waals surface area contributed by atoms with E-state index >= 15 is 0 Å². The summed E-state index contributed by atoms with van der Waals surface area (Å²) in [5, 5.41) is 0. The maximum Gasteiger partial charge on any atom is 0.341 e. The Labute approximate surface area is 182 Å².